The van der Waals surface area contributed by atoms with Gasteiger partial charge < -0.3 is 28.9 Å². The number of halogens is 2. The van der Waals surface area contributed by atoms with Crippen LogP contribution in [0.15, 0.2) is 40.9 Å². The van der Waals surface area contributed by atoms with Crippen LogP contribution in [0.3, 0.4) is 0 Å². The first kappa shape index (κ1) is 24.7. The van der Waals surface area contributed by atoms with Crippen molar-refractivity contribution >= 4 is 44.7 Å². The molecule has 0 aromatic heterocycles. The van der Waals surface area contributed by atoms with Gasteiger partial charge in [-0.15, -0.1) is 0 Å². The highest BCUT2D eigenvalue weighted by molar-refractivity contribution is 9.10. The van der Waals surface area contributed by atoms with Gasteiger partial charge in [0.25, 0.3) is 5.91 Å². The molecule has 2 aromatic rings. The molecule has 1 amide bonds. The van der Waals surface area contributed by atoms with Gasteiger partial charge >= 0.3 is 0 Å². The quantitative estimate of drug-likeness (QED) is 0.510. The second-order valence-electron chi connectivity index (χ2n) is 8.00. The van der Waals surface area contributed by atoms with Crippen LogP contribution in [0.4, 0.5) is 10.1 Å². The van der Waals surface area contributed by atoms with Crippen LogP contribution in [0.25, 0.3) is 0 Å². The van der Waals surface area contributed by atoms with E-state index in [1.807, 2.05) is 23.1 Å². The molecule has 0 spiro atoms. The molecule has 0 atom stereocenters. The molecular weight excluding hydrogens is 525 g/mol. The number of hydrogen-bond donors (Lipinski definition) is 0. The summed E-state index contributed by atoms with van der Waals surface area (Å²) >= 11 is 9.31. The highest BCUT2D eigenvalue weighted by Gasteiger charge is 2.24. The van der Waals surface area contributed by atoms with E-state index in [0.717, 1.165) is 5.56 Å². The molecule has 7 nitrogen and oxygen atoms in total. The van der Waals surface area contributed by atoms with Crippen molar-refractivity contribution in [2.75, 3.05) is 71.1 Å². The molecule has 0 saturated carbocycles. The Morgan fingerprint density at radius 3 is 2.47 bits per heavy atom. The zero-order valence-corrected chi connectivity index (χ0v) is 21.4. The highest BCUT2D eigenvalue weighted by Crippen LogP contribution is 2.37. The molecule has 2 aliphatic rings. The van der Waals surface area contributed by atoms with E-state index in [-0.39, 0.29) is 18.3 Å². The number of carbonyl (C=O) groups excluding carboxylic acids is 1. The number of nitrogens with zero attached hydrogens (tertiary/aromatic N) is 3. The van der Waals surface area contributed by atoms with E-state index >= 15 is 0 Å². The Kier molecular flexibility index (Phi) is 8.23. The number of hydrogen-bond acceptors (Lipinski definition) is 6. The van der Waals surface area contributed by atoms with Gasteiger partial charge in [-0.3, -0.25) is 4.79 Å². The lowest BCUT2D eigenvalue weighted by Gasteiger charge is -2.37. The lowest BCUT2D eigenvalue weighted by Crippen LogP contribution is -2.48. The number of para-hydroxylation sites is 1. The van der Waals surface area contributed by atoms with Crippen molar-refractivity contribution < 1.29 is 23.4 Å². The van der Waals surface area contributed by atoms with E-state index in [1.54, 1.807) is 24.1 Å². The van der Waals surface area contributed by atoms with Crippen LogP contribution in [0.2, 0.25) is 0 Å². The van der Waals surface area contributed by atoms with Crippen molar-refractivity contribution in [2.45, 2.75) is 0 Å². The van der Waals surface area contributed by atoms with Crippen LogP contribution in [0, 0.1) is 5.82 Å². The monoisotopic (exact) mass is 551 g/mol. The molecule has 2 aromatic carbocycles. The zero-order valence-electron chi connectivity index (χ0n) is 19.0. The van der Waals surface area contributed by atoms with Crippen molar-refractivity contribution in [3.05, 3.63) is 52.3 Å². The molecule has 0 aliphatic carbocycles. The number of anilines is 1. The molecule has 2 aliphatic heterocycles. The topological polar surface area (TPSA) is 54.5 Å². The molecule has 2 fully saturated rings. The largest absolute Gasteiger partial charge is 0.493 e. The molecule has 0 bridgehead atoms. The van der Waals surface area contributed by atoms with Crippen LogP contribution in [0.1, 0.15) is 5.56 Å². The second kappa shape index (κ2) is 11.3. The van der Waals surface area contributed by atoms with Gasteiger partial charge in [0.1, 0.15) is 10.8 Å². The Labute approximate surface area is 212 Å². The van der Waals surface area contributed by atoms with Crippen molar-refractivity contribution in [3.8, 4) is 11.5 Å². The number of rotatable bonds is 6. The van der Waals surface area contributed by atoms with E-state index in [1.165, 1.54) is 6.07 Å². The Morgan fingerprint density at radius 1 is 1.09 bits per heavy atom. The first-order valence-electron chi connectivity index (χ1n) is 11.1. The minimum absolute atomic E-state index is 0.0865. The van der Waals surface area contributed by atoms with Crippen molar-refractivity contribution in [3.63, 3.8) is 0 Å². The fourth-order valence-corrected chi connectivity index (χ4v) is 4.92. The summed E-state index contributed by atoms with van der Waals surface area (Å²) in [7, 11) is 1.55. The third-order valence-electron chi connectivity index (χ3n) is 5.94. The van der Waals surface area contributed by atoms with Gasteiger partial charge in [0.2, 0.25) is 0 Å². The van der Waals surface area contributed by atoms with E-state index in [0.29, 0.717) is 79.1 Å². The fraction of sp³-hybridized carbons (Fsp3) is 0.417. The van der Waals surface area contributed by atoms with E-state index in [9.17, 15) is 9.18 Å². The summed E-state index contributed by atoms with van der Waals surface area (Å²) in [6.07, 6.45) is 0. The lowest BCUT2D eigenvalue weighted by molar-refractivity contribution is -0.137. The lowest BCUT2D eigenvalue weighted by atomic mass is 10.1. The predicted molar refractivity (Wildman–Crippen MR) is 135 cm³/mol. The predicted octanol–water partition coefficient (Wildman–Crippen LogP) is 3.33. The second-order valence-corrected chi connectivity index (χ2v) is 9.24. The van der Waals surface area contributed by atoms with Gasteiger partial charge in [0.05, 0.1) is 30.5 Å². The molecule has 0 N–H and O–H groups in total. The highest BCUT2D eigenvalue weighted by atomic mass is 79.9. The first-order valence-corrected chi connectivity index (χ1v) is 12.3. The summed E-state index contributed by atoms with van der Waals surface area (Å²) < 4.78 is 31.5. The number of morpholine rings is 1. The summed E-state index contributed by atoms with van der Waals surface area (Å²) in [5.41, 5.74) is 1.43. The maximum absolute atomic E-state index is 14.1. The van der Waals surface area contributed by atoms with Gasteiger partial charge in [-0.1, -0.05) is 24.4 Å². The molecule has 0 unspecified atom stereocenters. The van der Waals surface area contributed by atoms with Crippen LogP contribution in [-0.4, -0.2) is 86.9 Å². The van der Waals surface area contributed by atoms with E-state index in [2.05, 4.69) is 20.8 Å². The van der Waals surface area contributed by atoms with Gasteiger partial charge in [-0.2, -0.15) is 0 Å². The summed E-state index contributed by atoms with van der Waals surface area (Å²) in [5.74, 6) is 0.644. The first-order chi connectivity index (χ1) is 16.5. The van der Waals surface area contributed by atoms with Gasteiger partial charge in [0.15, 0.2) is 18.1 Å². The van der Waals surface area contributed by atoms with Crippen LogP contribution in [0.5, 0.6) is 11.5 Å². The molecule has 182 valence electrons. The summed E-state index contributed by atoms with van der Waals surface area (Å²) in [4.78, 5) is 19.0. The third-order valence-corrected chi connectivity index (χ3v) is 7.02. The minimum atomic E-state index is -0.213. The maximum Gasteiger partial charge on any atom is 0.260 e. The number of amides is 1. The average molecular weight is 552 g/mol. The number of thiocarbonyl (C=S) groups is 1. The Morgan fingerprint density at radius 2 is 1.79 bits per heavy atom. The van der Waals surface area contributed by atoms with Gasteiger partial charge in [-0.05, 0) is 40.2 Å². The van der Waals surface area contributed by atoms with Crippen LogP contribution in [-0.2, 0) is 9.53 Å². The molecule has 4 rings (SSSR count). The number of carbonyl (C=O) groups is 1. The third kappa shape index (κ3) is 5.61. The fourth-order valence-electron chi connectivity index (χ4n) is 4.06. The minimum Gasteiger partial charge on any atom is -0.493 e. The summed E-state index contributed by atoms with van der Waals surface area (Å²) in [5, 5.41) is 0. The normalized spacial score (nSPS) is 16.4. The smallest absolute Gasteiger partial charge is 0.260 e. The van der Waals surface area contributed by atoms with E-state index in [4.69, 9.17) is 26.4 Å². The molecule has 0 radical (unpaired) electrons. The standard InChI is InChI=1S/C24H27BrFN3O4S/c1-31-21-15-17(14-18(25)23(21)33-16-22(30)28-10-12-32-13-11-28)24(34)29-8-6-27(7-9-29)20-5-3-2-4-19(20)26/h2-5,14-15H,6-13,16H2,1H3. The van der Waals surface area contributed by atoms with Gasteiger partial charge in [0, 0.05) is 44.8 Å². The summed E-state index contributed by atoms with van der Waals surface area (Å²) in [6.45, 7) is 4.83. The van der Waals surface area contributed by atoms with Crippen LogP contribution < -0.4 is 14.4 Å². The number of piperazine rings is 1. The van der Waals surface area contributed by atoms with Gasteiger partial charge in [-0.25, -0.2) is 4.39 Å². The number of methoxy groups -OCH3 is 1. The zero-order chi connectivity index (χ0) is 24.1. The number of benzene rings is 2. The summed E-state index contributed by atoms with van der Waals surface area (Å²) in [6, 6.07) is 10.5. The molecule has 2 heterocycles. The Balaban J connectivity index is 1.40. The molecule has 2 saturated heterocycles. The maximum atomic E-state index is 14.1. The molecule has 10 heteroatoms. The molecular formula is C24H27BrFN3O4S. The van der Waals surface area contributed by atoms with Crippen molar-refractivity contribution in [1.82, 2.24) is 9.80 Å². The van der Waals surface area contributed by atoms with Crippen molar-refractivity contribution in [2.24, 2.45) is 0 Å². The van der Waals surface area contributed by atoms with E-state index < -0.39 is 0 Å². The van der Waals surface area contributed by atoms with Crippen LogP contribution >= 0.6 is 28.1 Å². The number of ether oxygens (including phenoxy) is 3. The Bertz CT molecular complexity index is 1040. The average Bonchev–Trinajstić information content (AvgIpc) is 2.88. The SMILES string of the molecule is COc1cc(C(=S)N2CCN(c3ccccc3F)CC2)cc(Br)c1OCC(=O)N1CCOCC1. The molecule has 34 heavy (non-hydrogen) atoms. The van der Waals surface area contributed by atoms with Crippen molar-refractivity contribution in [1.29, 1.82) is 0 Å². The Hall–Kier alpha value is -2.43.